The van der Waals surface area contributed by atoms with Gasteiger partial charge in [-0.1, -0.05) is 0 Å². The smallest absolute Gasteiger partial charge is 0.253 e. The number of hydrogen-bond donors (Lipinski definition) is 0. The highest BCUT2D eigenvalue weighted by Gasteiger charge is 2.19. The van der Waals surface area contributed by atoms with Crippen LogP contribution in [0, 0.1) is 14.9 Å². The lowest BCUT2D eigenvalue weighted by atomic mass is 10.1. The first-order valence-electron chi connectivity index (χ1n) is 3.53. The molecule has 0 aliphatic heterocycles. The van der Waals surface area contributed by atoms with E-state index in [0.717, 1.165) is 0 Å². The molecule has 2 nitrogen and oxygen atoms in total. The van der Waals surface area contributed by atoms with Crippen molar-refractivity contribution in [3.63, 3.8) is 0 Å². The van der Waals surface area contributed by atoms with E-state index >= 15 is 0 Å². The molecule has 0 amide bonds. The van der Waals surface area contributed by atoms with Crippen molar-refractivity contribution in [2.75, 3.05) is 0 Å². The molecule has 1 heterocycles. The Morgan fingerprint density at radius 2 is 2.29 bits per heavy atom. The number of aromatic nitrogens is 1. The Labute approximate surface area is 98.0 Å². The van der Waals surface area contributed by atoms with Crippen molar-refractivity contribution < 1.29 is 8.78 Å². The minimum Gasteiger partial charge on any atom is -0.253 e. The molecule has 0 aliphatic rings. The van der Waals surface area contributed by atoms with E-state index in [1.807, 2.05) is 22.6 Å². The molecule has 0 saturated heterocycles. The topological polar surface area (TPSA) is 36.7 Å². The molecule has 0 radical (unpaired) electrons. The lowest BCUT2D eigenvalue weighted by molar-refractivity contribution is 0.145. The fourth-order valence-corrected chi connectivity index (χ4v) is 2.07. The van der Waals surface area contributed by atoms with Crippen LogP contribution in [0.4, 0.5) is 8.78 Å². The van der Waals surface area contributed by atoms with Crippen molar-refractivity contribution in [2.24, 2.45) is 0 Å². The Morgan fingerprint density at radius 1 is 1.64 bits per heavy atom. The molecule has 0 fully saturated rings. The maximum absolute atomic E-state index is 12.4. The molecular formula is C8H4ClF2IN2. The highest BCUT2D eigenvalue weighted by Crippen LogP contribution is 2.26. The quantitative estimate of drug-likeness (QED) is 0.617. The lowest BCUT2D eigenvalue weighted by Crippen LogP contribution is -2.01. The maximum Gasteiger partial charge on any atom is 0.281 e. The van der Waals surface area contributed by atoms with E-state index in [1.54, 1.807) is 6.07 Å². The van der Waals surface area contributed by atoms with Gasteiger partial charge in [0.2, 0.25) is 0 Å². The van der Waals surface area contributed by atoms with Gasteiger partial charge in [0.1, 0.15) is 11.8 Å². The van der Waals surface area contributed by atoms with E-state index in [0.29, 0.717) is 9.13 Å². The zero-order chi connectivity index (χ0) is 10.7. The second-order valence-corrected chi connectivity index (χ2v) is 3.82. The monoisotopic (exact) mass is 328 g/mol. The van der Waals surface area contributed by atoms with Gasteiger partial charge in [0.25, 0.3) is 6.43 Å². The summed E-state index contributed by atoms with van der Waals surface area (Å²) in [6, 6.07) is 1.71. The molecule has 74 valence electrons. The van der Waals surface area contributed by atoms with Gasteiger partial charge in [0, 0.05) is 21.2 Å². The van der Waals surface area contributed by atoms with Crippen LogP contribution in [0.5, 0.6) is 0 Å². The van der Waals surface area contributed by atoms with Gasteiger partial charge in [-0.25, -0.2) is 8.78 Å². The highest BCUT2D eigenvalue weighted by atomic mass is 127. The first-order valence-corrected chi connectivity index (χ1v) is 5.14. The summed E-state index contributed by atoms with van der Waals surface area (Å²) in [5, 5.41) is 8.72. The van der Waals surface area contributed by atoms with Crippen LogP contribution in [-0.4, -0.2) is 4.98 Å². The van der Waals surface area contributed by atoms with Gasteiger partial charge in [0.15, 0.2) is 0 Å². The van der Waals surface area contributed by atoms with Gasteiger partial charge >= 0.3 is 0 Å². The highest BCUT2D eigenvalue weighted by molar-refractivity contribution is 14.1. The molecule has 0 spiro atoms. The molecule has 0 unspecified atom stereocenters. The number of hydrogen-bond acceptors (Lipinski definition) is 2. The molecule has 14 heavy (non-hydrogen) atoms. The van der Waals surface area contributed by atoms with E-state index in [2.05, 4.69) is 4.98 Å². The number of nitrogens with zero attached hydrogens (tertiary/aromatic N) is 2. The van der Waals surface area contributed by atoms with Gasteiger partial charge in [-0.3, -0.25) is 4.98 Å². The molecule has 0 bridgehead atoms. The standard InChI is InChI=1S/C8H4ClF2IN2/c9-1-4-5(2-13)7(8(10)11)14-3-6(4)12/h3,8H,1H2. The maximum atomic E-state index is 12.4. The zero-order valence-corrected chi connectivity index (χ0v) is 9.68. The van der Waals surface area contributed by atoms with Crippen LogP contribution in [0.2, 0.25) is 0 Å². The molecule has 0 saturated carbocycles. The first-order chi connectivity index (χ1) is 6.61. The van der Waals surface area contributed by atoms with Crippen LogP contribution in [0.25, 0.3) is 0 Å². The Balaban J connectivity index is 3.43. The lowest BCUT2D eigenvalue weighted by Gasteiger charge is -2.07. The minimum atomic E-state index is -2.75. The Kier molecular flexibility index (Phi) is 4.01. The first kappa shape index (κ1) is 11.6. The van der Waals surface area contributed by atoms with E-state index < -0.39 is 12.1 Å². The Morgan fingerprint density at radius 3 is 2.71 bits per heavy atom. The minimum absolute atomic E-state index is 0.0312. The Bertz CT molecular complexity index is 390. The van der Waals surface area contributed by atoms with Crippen molar-refractivity contribution in [1.82, 2.24) is 4.98 Å². The molecule has 1 rings (SSSR count). The number of pyridine rings is 1. The third-order valence-electron chi connectivity index (χ3n) is 1.62. The predicted molar refractivity (Wildman–Crippen MR) is 56.2 cm³/mol. The van der Waals surface area contributed by atoms with Gasteiger partial charge in [0.05, 0.1) is 5.56 Å². The molecule has 0 N–H and O–H groups in total. The van der Waals surface area contributed by atoms with Crippen LogP contribution in [0.1, 0.15) is 23.2 Å². The number of rotatable bonds is 2. The van der Waals surface area contributed by atoms with Crippen molar-refractivity contribution in [3.8, 4) is 6.07 Å². The van der Waals surface area contributed by atoms with E-state index in [-0.39, 0.29) is 11.4 Å². The van der Waals surface area contributed by atoms with Crippen LogP contribution in [0.15, 0.2) is 6.20 Å². The largest absolute Gasteiger partial charge is 0.281 e. The second-order valence-electron chi connectivity index (χ2n) is 2.39. The van der Waals surface area contributed by atoms with Crippen LogP contribution in [0.3, 0.4) is 0 Å². The molecule has 6 heteroatoms. The van der Waals surface area contributed by atoms with Crippen molar-refractivity contribution in [1.29, 1.82) is 5.26 Å². The average molecular weight is 328 g/mol. The molecule has 1 aromatic rings. The van der Waals surface area contributed by atoms with Gasteiger partial charge in [-0.05, 0) is 22.6 Å². The average Bonchev–Trinajstić information content (AvgIpc) is 2.16. The summed E-state index contributed by atoms with van der Waals surface area (Å²) in [6.45, 7) is 0. The van der Waals surface area contributed by atoms with E-state index in [1.165, 1.54) is 6.20 Å². The number of alkyl halides is 3. The molecule has 0 aliphatic carbocycles. The molecule has 0 atom stereocenters. The summed E-state index contributed by atoms with van der Waals surface area (Å²) >= 11 is 7.47. The summed E-state index contributed by atoms with van der Waals surface area (Å²) < 4.78 is 25.4. The summed E-state index contributed by atoms with van der Waals surface area (Å²) in [4.78, 5) is 3.52. The van der Waals surface area contributed by atoms with Crippen LogP contribution in [-0.2, 0) is 5.88 Å². The number of nitriles is 1. The van der Waals surface area contributed by atoms with Crippen molar-refractivity contribution >= 4 is 34.2 Å². The fourth-order valence-electron chi connectivity index (χ4n) is 0.964. The van der Waals surface area contributed by atoms with Gasteiger partial charge in [-0.15, -0.1) is 11.6 Å². The van der Waals surface area contributed by atoms with Crippen molar-refractivity contribution in [3.05, 3.63) is 26.6 Å². The summed E-state index contributed by atoms with van der Waals surface area (Å²) in [5.74, 6) is 0.0312. The third-order valence-corrected chi connectivity index (χ3v) is 2.81. The van der Waals surface area contributed by atoms with Crippen molar-refractivity contribution in [2.45, 2.75) is 12.3 Å². The number of halogens is 4. The fraction of sp³-hybridized carbons (Fsp3) is 0.250. The van der Waals surface area contributed by atoms with Crippen LogP contribution < -0.4 is 0 Å². The predicted octanol–water partition coefficient (Wildman–Crippen LogP) is 3.23. The zero-order valence-electron chi connectivity index (χ0n) is 6.77. The van der Waals surface area contributed by atoms with Gasteiger partial charge < -0.3 is 0 Å². The molecule has 1 aromatic heterocycles. The third kappa shape index (κ3) is 2.12. The SMILES string of the molecule is N#Cc1c(C(F)F)ncc(I)c1CCl. The van der Waals surface area contributed by atoms with E-state index in [4.69, 9.17) is 16.9 Å². The van der Waals surface area contributed by atoms with Crippen LogP contribution >= 0.6 is 34.2 Å². The van der Waals surface area contributed by atoms with Gasteiger partial charge in [-0.2, -0.15) is 5.26 Å². The second kappa shape index (κ2) is 4.84. The summed E-state index contributed by atoms with van der Waals surface area (Å²) in [5.41, 5.74) is -0.189. The molecular weight excluding hydrogens is 324 g/mol. The summed E-state index contributed by atoms with van der Waals surface area (Å²) in [7, 11) is 0. The van der Waals surface area contributed by atoms with E-state index in [9.17, 15) is 8.78 Å². The Hall–Kier alpha value is -0.480. The normalized spacial score (nSPS) is 10.3. The summed E-state index contributed by atoms with van der Waals surface area (Å²) in [6.07, 6.45) is -1.45. The molecule has 0 aromatic carbocycles.